The molecule has 2 aliphatic rings. The Morgan fingerprint density at radius 3 is 3.00 bits per heavy atom. The molecule has 114 valence electrons. The summed E-state index contributed by atoms with van der Waals surface area (Å²) in [5.74, 6) is 0.00757. The number of halogens is 1. The van der Waals surface area contributed by atoms with Crippen LogP contribution < -0.4 is 10.6 Å². The summed E-state index contributed by atoms with van der Waals surface area (Å²) in [4.78, 5) is 16.0. The fourth-order valence-electron chi connectivity index (χ4n) is 3.38. The van der Waals surface area contributed by atoms with Crippen LogP contribution in [0.5, 0.6) is 0 Å². The van der Waals surface area contributed by atoms with Crippen LogP contribution in [0.2, 0.25) is 0 Å². The second-order valence-corrected chi connectivity index (χ2v) is 5.92. The molecule has 2 fully saturated rings. The maximum absolute atomic E-state index is 13.2. The Morgan fingerprint density at radius 2 is 2.27 bits per heavy atom. The van der Waals surface area contributed by atoms with Crippen LogP contribution in [-0.4, -0.2) is 29.0 Å². The van der Waals surface area contributed by atoms with E-state index in [1.54, 1.807) is 12.1 Å². The fraction of sp³-hybridized carbons (Fsp3) is 0.375. The molecule has 0 aliphatic carbocycles. The summed E-state index contributed by atoms with van der Waals surface area (Å²) in [6, 6.07) is 5.65. The van der Waals surface area contributed by atoms with Crippen LogP contribution in [0.4, 0.5) is 4.39 Å². The molecule has 4 rings (SSSR count). The van der Waals surface area contributed by atoms with Crippen molar-refractivity contribution in [3.05, 3.63) is 42.2 Å². The Labute approximate surface area is 126 Å². The number of nitrogens with zero attached hydrogens (tertiary/aromatic N) is 1. The van der Waals surface area contributed by atoms with Crippen LogP contribution in [0.25, 0.3) is 11.3 Å². The largest absolute Gasteiger partial charge is 0.451 e. The van der Waals surface area contributed by atoms with Gasteiger partial charge in [0.25, 0.3) is 5.91 Å². The Bertz CT molecular complexity index is 715. The number of pyridine rings is 1. The molecule has 0 radical (unpaired) electrons. The van der Waals surface area contributed by atoms with Crippen LogP contribution >= 0.6 is 0 Å². The van der Waals surface area contributed by atoms with Gasteiger partial charge in [-0.05, 0) is 37.5 Å². The van der Waals surface area contributed by atoms with Gasteiger partial charge in [-0.2, -0.15) is 0 Å². The van der Waals surface area contributed by atoms with Gasteiger partial charge in [-0.15, -0.1) is 0 Å². The van der Waals surface area contributed by atoms with Gasteiger partial charge in [0, 0.05) is 29.9 Å². The molecule has 0 spiro atoms. The molecular weight excluding hydrogens is 285 g/mol. The van der Waals surface area contributed by atoms with Crippen molar-refractivity contribution < 1.29 is 13.6 Å². The highest BCUT2D eigenvalue weighted by Crippen LogP contribution is 2.29. The first kappa shape index (κ1) is 13.5. The molecule has 6 heteroatoms. The maximum atomic E-state index is 13.2. The summed E-state index contributed by atoms with van der Waals surface area (Å²) in [6.07, 6.45) is 5.89. The molecule has 1 amide bonds. The predicted molar refractivity (Wildman–Crippen MR) is 77.7 cm³/mol. The van der Waals surface area contributed by atoms with Gasteiger partial charge in [-0.3, -0.25) is 9.78 Å². The van der Waals surface area contributed by atoms with E-state index in [9.17, 15) is 9.18 Å². The van der Waals surface area contributed by atoms with Crippen molar-refractivity contribution in [1.29, 1.82) is 0 Å². The Kier molecular flexibility index (Phi) is 3.18. The SMILES string of the molecule is O=C(N[C@@H]1C[C@H]2CC[C@@H]1N2)c1ccc(-c2cncc(F)c2)o1. The maximum Gasteiger partial charge on any atom is 0.287 e. The van der Waals surface area contributed by atoms with Gasteiger partial charge in [-0.25, -0.2) is 4.39 Å². The van der Waals surface area contributed by atoms with Crippen LogP contribution in [0, 0.1) is 5.82 Å². The van der Waals surface area contributed by atoms with E-state index < -0.39 is 5.82 Å². The minimum absolute atomic E-state index is 0.163. The lowest BCUT2D eigenvalue weighted by Crippen LogP contribution is -2.42. The van der Waals surface area contributed by atoms with E-state index in [4.69, 9.17) is 4.42 Å². The predicted octanol–water partition coefficient (Wildman–Crippen LogP) is 2.10. The van der Waals surface area contributed by atoms with E-state index >= 15 is 0 Å². The van der Waals surface area contributed by atoms with Crippen LogP contribution in [-0.2, 0) is 0 Å². The van der Waals surface area contributed by atoms with Gasteiger partial charge in [0.05, 0.1) is 6.20 Å². The molecule has 5 nitrogen and oxygen atoms in total. The van der Waals surface area contributed by atoms with Gasteiger partial charge in [0.2, 0.25) is 0 Å². The highest BCUT2D eigenvalue weighted by Gasteiger charge is 2.39. The molecular formula is C16H16FN3O2. The first-order valence-electron chi connectivity index (χ1n) is 7.47. The molecule has 2 aromatic rings. The number of hydrogen-bond acceptors (Lipinski definition) is 4. The standard InChI is InChI=1S/C16H16FN3O2/c17-10-5-9(7-18-8-10)14-3-4-15(22-14)16(21)20-13-6-11-1-2-12(13)19-11/h3-5,7-8,11-13,19H,1-2,6H2,(H,20,21)/t11-,12+,13-/m1/s1. The molecule has 22 heavy (non-hydrogen) atoms. The number of aromatic nitrogens is 1. The average molecular weight is 301 g/mol. The van der Waals surface area contributed by atoms with Crippen LogP contribution in [0.15, 0.2) is 35.0 Å². The third kappa shape index (κ3) is 2.39. The molecule has 2 saturated heterocycles. The highest BCUT2D eigenvalue weighted by atomic mass is 19.1. The molecule has 2 N–H and O–H groups in total. The Balaban J connectivity index is 1.48. The van der Waals surface area contributed by atoms with Crippen molar-refractivity contribution in [2.24, 2.45) is 0 Å². The van der Waals surface area contributed by atoms with Gasteiger partial charge in [-0.1, -0.05) is 0 Å². The summed E-state index contributed by atoms with van der Waals surface area (Å²) in [6.45, 7) is 0. The fourth-order valence-corrected chi connectivity index (χ4v) is 3.38. The number of carbonyl (C=O) groups excluding carboxylic acids is 1. The minimum Gasteiger partial charge on any atom is -0.451 e. The van der Waals surface area contributed by atoms with E-state index in [0.29, 0.717) is 23.4 Å². The molecule has 4 heterocycles. The number of fused-ring (bicyclic) bond motifs is 2. The topological polar surface area (TPSA) is 67.2 Å². The van der Waals surface area contributed by atoms with Crippen molar-refractivity contribution in [2.45, 2.75) is 37.4 Å². The number of nitrogens with one attached hydrogen (secondary N) is 2. The zero-order valence-electron chi connectivity index (χ0n) is 11.9. The molecule has 0 saturated carbocycles. The lowest BCUT2D eigenvalue weighted by atomic mass is 9.95. The smallest absolute Gasteiger partial charge is 0.287 e. The van der Waals surface area contributed by atoms with Crippen LogP contribution in [0.3, 0.4) is 0 Å². The lowest BCUT2D eigenvalue weighted by Gasteiger charge is -2.20. The number of furan rings is 1. The second-order valence-electron chi connectivity index (χ2n) is 5.92. The molecule has 0 aromatic carbocycles. The quantitative estimate of drug-likeness (QED) is 0.911. The van der Waals surface area contributed by atoms with Gasteiger partial charge >= 0.3 is 0 Å². The van der Waals surface area contributed by atoms with Crippen molar-refractivity contribution in [3.63, 3.8) is 0 Å². The van der Waals surface area contributed by atoms with E-state index in [2.05, 4.69) is 15.6 Å². The number of amides is 1. The Morgan fingerprint density at radius 1 is 1.36 bits per heavy atom. The molecule has 2 aliphatic heterocycles. The number of hydrogen-bond donors (Lipinski definition) is 2. The molecule has 0 unspecified atom stereocenters. The third-order valence-electron chi connectivity index (χ3n) is 4.44. The summed E-state index contributed by atoms with van der Waals surface area (Å²) < 4.78 is 18.7. The number of rotatable bonds is 3. The van der Waals surface area contributed by atoms with E-state index in [1.807, 2.05) is 0 Å². The second kappa shape index (κ2) is 5.21. The minimum atomic E-state index is -0.437. The van der Waals surface area contributed by atoms with Gasteiger partial charge in [0.1, 0.15) is 11.6 Å². The summed E-state index contributed by atoms with van der Waals surface area (Å²) in [5, 5.41) is 6.49. The number of carbonyl (C=O) groups is 1. The normalized spacial score (nSPS) is 26.3. The summed E-state index contributed by atoms with van der Waals surface area (Å²) >= 11 is 0. The van der Waals surface area contributed by atoms with Crippen molar-refractivity contribution >= 4 is 5.91 Å². The zero-order chi connectivity index (χ0) is 15.1. The van der Waals surface area contributed by atoms with Crippen molar-refractivity contribution in [1.82, 2.24) is 15.6 Å². The first-order valence-corrected chi connectivity index (χ1v) is 7.47. The van der Waals surface area contributed by atoms with Gasteiger partial charge < -0.3 is 15.1 Å². The monoisotopic (exact) mass is 301 g/mol. The average Bonchev–Trinajstić information content (AvgIpc) is 3.23. The lowest BCUT2D eigenvalue weighted by molar-refractivity contribution is 0.0903. The molecule has 2 aromatic heterocycles. The van der Waals surface area contributed by atoms with Crippen molar-refractivity contribution in [2.75, 3.05) is 0 Å². The van der Waals surface area contributed by atoms with Gasteiger partial charge in [0.15, 0.2) is 5.76 Å². The van der Waals surface area contributed by atoms with Crippen molar-refractivity contribution in [3.8, 4) is 11.3 Å². The highest BCUT2D eigenvalue weighted by molar-refractivity contribution is 5.92. The van der Waals surface area contributed by atoms with E-state index in [1.165, 1.54) is 18.7 Å². The zero-order valence-corrected chi connectivity index (χ0v) is 11.9. The third-order valence-corrected chi connectivity index (χ3v) is 4.44. The molecule has 2 bridgehead atoms. The summed E-state index contributed by atoms with van der Waals surface area (Å²) in [7, 11) is 0. The summed E-state index contributed by atoms with van der Waals surface area (Å²) in [5.41, 5.74) is 0.514. The Hall–Kier alpha value is -2.21. The van der Waals surface area contributed by atoms with Crippen LogP contribution in [0.1, 0.15) is 29.8 Å². The van der Waals surface area contributed by atoms with E-state index in [0.717, 1.165) is 19.0 Å². The van der Waals surface area contributed by atoms with E-state index in [-0.39, 0.29) is 17.7 Å². The first-order chi connectivity index (χ1) is 10.7. The molecule has 3 atom stereocenters.